The molecule has 4 nitrogen and oxygen atoms in total. The fourth-order valence-electron chi connectivity index (χ4n) is 2.36. The summed E-state index contributed by atoms with van der Waals surface area (Å²) in [4.78, 5) is 0.290. The predicted molar refractivity (Wildman–Crippen MR) is 83.1 cm³/mol. The van der Waals surface area contributed by atoms with Crippen LogP contribution in [0.15, 0.2) is 29.2 Å². The van der Waals surface area contributed by atoms with Crippen LogP contribution in [-0.2, 0) is 16.4 Å². The smallest absolute Gasteiger partial charge is 0.241 e. The van der Waals surface area contributed by atoms with Crippen LogP contribution in [0.5, 0.6) is 0 Å². The second-order valence-electron chi connectivity index (χ2n) is 5.97. The van der Waals surface area contributed by atoms with Gasteiger partial charge in [0.25, 0.3) is 0 Å². The van der Waals surface area contributed by atoms with E-state index in [0.717, 1.165) is 12.0 Å². The Labute approximate surface area is 122 Å². The zero-order chi connectivity index (χ0) is 15.4. The first kappa shape index (κ1) is 17.1. The molecule has 0 saturated carbocycles. The van der Waals surface area contributed by atoms with Crippen molar-refractivity contribution in [3.63, 3.8) is 0 Å². The lowest BCUT2D eigenvalue weighted by Crippen LogP contribution is -2.51. The predicted octanol–water partition coefficient (Wildman–Crippen LogP) is 2.29. The topological polar surface area (TPSA) is 72.2 Å². The Morgan fingerprint density at radius 3 is 2.20 bits per heavy atom. The number of sulfonamides is 1. The maximum atomic E-state index is 12.4. The Kier molecular flexibility index (Phi) is 5.74. The summed E-state index contributed by atoms with van der Waals surface area (Å²) in [5, 5.41) is 0. The van der Waals surface area contributed by atoms with Crippen LogP contribution in [0.3, 0.4) is 0 Å². The lowest BCUT2D eigenvalue weighted by atomic mass is 9.92. The van der Waals surface area contributed by atoms with Gasteiger partial charge in [0, 0.05) is 12.1 Å². The van der Waals surface area contributed by atoms with Gasteiger partial charge in [-0.3, -0.25) is 0 Å². The fraction of sp³-hybridized carbons (Fsp3) is 0.600. The zero-order valence-electron chi connectivity index (χ0n) is 12.8. The van der Waals surface area contributed by atoms with Crippen LogP contribution in [-0.4, -0.2) is 20.5 Å². The van der Waals surface area contributed by atoms with Crippen molar-refractivity contribution in [2.75, 3.05) is 6.54 Å². The number of nitrogens with two attached hydrogens (primary N) is 1. The number of hydrogen-bond donors (Lipinski definition) is 2. The SMILES string of the molecule is CCc1ccc(S(=O)(=O)NC(C)(CN)CC(C)C)cc1. The van der Waals surface area contributed by atoms with Crippen LogP contribution >= 0.6 is 0 Å². The summed E-state index contributed by atoms with van der Waals surface area (Å²) in [6.07, 6.45) is 1.59. The molecule has 0 spiro atoms. The third-order valence-corrected chi connectivity index (χ3v) is 4.99. The van der Waals surface area contributed by atoms with Gasteiger partial charge in [-0.25, -0.2) is 13.1 Å². The van der Waals surface area contributed by atoms with Gasteiger partial charge in [-0.2, -0.15) is 0 Å². The highest BCUT2D eigenvalue weighted by atomic mass is 32.2. The molecule has 3 N–H and O–H groups in total. The molecule has 0 amide bonds. The maximum absolute atomic E-state index is 12.4. The normalized spacial score (nSPS) is 15.3. The van der Waals surface area contributed by atoms with E-state index >= 15 is 0 Å². The second kappa shape index (κ2) is 6.70. The Bertz CT molecular complexity index is 523. The first-order valence-corrected chi connectivity index (χ1v) is 8.54. The number of nitrogens with one attached hydrogen (secondary N) is 1. The molecule has 1 aromatic carbocycles. The quantitative estimate of drug-likeness (QED) is 0.811. The molecule has 20 heavy (non-hydrogen) atoms. The van der Waals surface area contributed by atoms with Crippen molar-refractivity contribution in [3.05, 3.63) is 29.8 Å². The Hall–Kier alpha value is -0.910. The van der Waals surface area contributed by atoms with Crippen LogP contribution < -0.4 is 10.5 Å². The molecule has 1 aromatic rings. The molecule has 0 saturated heterocycles. The molecule has 0 aliphatic heterocycles. The molecular formula is C15H26N2O2S. The van der Waals surface area contributed by atoms with Crippen LogP contribution in [0.25, 0.3) is 0 Å². The van der Waals surface area contributed by atoms with Crippen LogP contribution in [0, 0.1) is 5.92 Å². The summed E-state index contributed by atoms with van der Waals surface area (Å²) < 4.78 is 27.6. The lowest BCUT2D eigenvalue weighted by Gasteiger charge is -2.30. The molecule has 1 unspecified atom stereocenters. The number of rotatable bonds is 7. The van der Waals surface area contributed by atoms with Gasteiger partial charge in [0.05, 0.1) is 4.90 Å². The Morgan fingerprint density at radius 2 is 1.80 bits per heavy atom. The van der Waals surface area contributed by atoms with Crippen molar-refractivity contribution >= 4 is 10.0 Å². The van der Waals surface area contributed by atoms with Crippen molar-refractivity contribution in [2.24, 2.45) is 11.7 Å². The standard InChI is InChI=1S/C15H26N2O2S/c1-5-13-6-8-14(9-7-13)20(18,19)17-15(4,11-16)10-12(2)3/h6-9,12,17H,5,10-11,16H2,1-4H3. The van der Waals surface area contributed by atoms with Crippen LogP contribution in [0.1, 0.15) is 39.7 Å². The minimum atomic E-state index is -3.53. The third-order valence-electron chi connectivity index (χ3n) is 3.33. The molecular weight excluding hydrogens is 272 g/mol. The molecule has 0 fully saturated rings. The summed E-state index contributed by atoms with van der Waals surface area (Å²) >= 11 is 0. The fourth-order valence-corrected chi connectivity index (χ4v) is 3.78. The van der Waals surface area contributed by atoms with Gasteiger partial charge in [0.1, 0.15) is 0 Å². The van der Waals surface area contributed by atoms with Gasteiger partial charge in [-0.05, 0) is 43.4 Å². The summed E-state index contributed by atoms with van der Waals surface area (Å²) in [5.74, 6) is 0.369. The Morgan fingerprint density at radius 1 is 1.25 bits per heavy atom. The minimum absolute atomic E-state index is 0.275. The van der Waals surface area contributed by atoms with E-state index in [1.165, 1.54) is 0 Å². The van der Waals surface area contributed by atoms with Gasteiger partial charge in [0.2, 0.25) is 10.0 Å². The molecule has 0 aliphatic rings. The van der Waals surface area contributed by atoms with Crippen molar-refractivity contribution in [2.45, 2.75) is 51.0 Å². The van der Waals surface area contributed by atoms with Crippen LogP contribution in [0.4, 0.5) is 0 Å². The molecule has 5 heteroatoms. The van der Waals surface area contributed by atoms with E-state index in [4.69, 9.17) is 5.73 Å². The number of aryl methyl sites for hydroxylation is 1. The van der Waals surface area contributed by atoms with E-state index in [9.17, 15) is 8.42 Å². The van der Waals surface area contributed by atoms with Crippen molar-refractivity contribution in [1.29, 1.82) is 0 Å². The van der Waals surface area contributed by atoms with Gasteiger partial charge in [0.15, 0.2) is 0 Å². The lowest BCUT2D eigenvalue weighted by molar-refractivity contribution is 0.344. The summed E-state index contributed by atoms with van der Waals surface area (Å²) in [5.41, 5.74) is 6.26. The van der Waals surface area contributed by atoms with Crippen LogP contribution in [0.2, 0.25) is 0 Å². The summed E-state index contributed by atoms with van der Waals surface area (Å²) in [7, 11) is -3.53. The van der Waals surface area contributed by atoms with E-state index in [-0.39, 0.29) is 11.4 Å². The van der Waals surface area contributed by atoms with E-state index in [0.29, 0.717) is 12.3 Å². The highest BCUT2D eigenvalue weighted by molar-refractivity contribution is 7.89. The minimum Gasteiger partial charge on any atom is -0.329 e. The van der Waals surface area contributed by atoms with Crippen molar-refractivity contribution in [3.8, 4) is 0 Å². The molecule has 0 aliphatic carbocycles. The molecule has 1 atom stereocenters. The molecule has 1 rings (SSSR count). The second-order valence-corrected chi connectivity index (χ2v) is 7.65. The van der Waals surface area contributed by atoms with Gasteiger partial charge in [-0.15, -0.1) is 0 Å². The average molecular weight is 298 g/mol. The number of hydrogen-bond acceptors (Lipinski definition) is 3. The molecule has 0 radical (unpaired) electrons. The van der Waals surface area contributed by atoms with Gasteiger partial charge < -0.3 is 5.73 Å². The molecule has 0 aromatic heterocycles. The van der Waals surface area contributed by atoms with Crippen molar-refractivity contribution < 1.29 is 8.42 Å². The van der Waals surface area contributed by atoms with Gasteiger partial charge >= 0.3 is 0 Å². The summed E-state index contributed by atoms with van der Waals surface area (Å²) in [6, 6.07) is 6.98. The third kappa shape index (κ3) is 4.58. The van der Waals surface area contributed by atoms with E-state index in [1.54, 1.807) is 12.1 Å². The van der Waals surface area contributed by atoms with Gasteiger partial charge in [-0.1, -0.05) is 32.9 Å². The van der Waals surface area contributed by atoms with E-state index in [1.807, 2.05) is 26.0 Å². The monoisotopic (exact) mass is 298 g/mol. The van der Waals surface area contributed by atoms with Crippen molar-refractivity contribution in [1.82, 2.24) is 4.72 Å². The zero-order valence-corrected chi connectivity index (χ0v) is 13.6. The number of benzene rings is 1. The molecule has 0 heterocycles. The van der Waals surface area contributed by atoms with E-state index in [2.05, 4.69) is 18.6 Å². The van der Waals surface area contributed by atoms with E-state index < -0.39 is 15.6 Å². The highest BCUT2D eigenvalue weighted by Crippen LogP contribution is 2.19. The summed E-state index contributed by atoms with van der Waals surface area (Å²) in [6.45, 7) is 8.27. The average Bonchev–Trinajstić information content (AvgIpc) is 2.37. The first-order valence-electron chi connectivity index (χ1n) is 7.05. The first-order chi connectivity index (χ1) is 9.22. The molecule has 0 bridgehead atoms. The highest BCUT2D eigenvalue weighted by Gasteiger charge is 2.30. The molecule has 114 valence electrons. The Balaban J connectivity index is 2.97. The maximum Gasteiger partial charge on any atom is 0.241 e. The largest absolute Gasteiger partial charge is 0.329 e.